The number of hydrogen-bond acceptors (Lipinski definition) is 6. The van der Waals surface area contributed by atoms with Gasteiger partial charge in [0.1, 0.15) is 5.82 Å². The molecule has 2 aromatic rings. The van der Waals surface area contributed by atoms with Crippen LogP contribution in [0.15, 0.2) is 37.9 Å². The Labute approximate surface area is 143 Å². The number of nitrogens with zero attached hydrogens (tertiary/aromatic N) is 2. The molecule has 1 heterocycles. The number of carbonyl (C=O) groups excluding carboxylic acids is 1. The number of aromatic nitrogens is 3. The molecule has 1 amide bonds. The molecule has 0 spiro atoms. The van der Waals surface area contributed by atoms with Crippen molar-refractivity contribution in [2.45, 2.75) is 17.2 Å². The molecule has 0 aliphatic rings. The topological polar surface area (TPSA) is 120 Å². The van der Waals surface area contributed by atoms with Gasteiger partial charge in [-0.05, 0) is 19.1 Å². The van der Waals surface area contributed by atoms with Crippen LogP contribution in [-0.4, -0.2) is 32.6 Å². The maximum atomic E-state index is 13.5. The lowest BCUT2D eigenvalue weighted by molar-refractivity contribution is -0.120. The average Bonchev–Trinajstić information content (AvgIpc) is 2.52. The van der Waals surface area contributed by atoms with Crippen LogP contribution in [0.25, 0.3) is 0 Å². The van der Waals surface area contributed by atoms with Crippen LogP contribution < -0.4 is 16.7 Å². The Morgan fingerprint density at radius 3 is 2.92 bits per heavy atom. The first-order chi connectivity index (χ1) is 11.4. The molecule has 0 fully saturated rings. The Kier molecular flexibility index (Phi) is 5.88. The Balaban J connectivity index is 2.00. The number of H-pyrrole nitrogens is 2. The van der Waals surface area contributed by atoms with E-state index < -0.39 is 28.2 Å². The van der Waals surface area contributed by atoms with E-state index in [1.54, 1.807) is 0 Å². The van der Waals surface area contributed by atoms with Gasteiger partial charge < -0.3 is 0 Å². The maximum Gasteiger partial charge on any atom is 0.342 e. The first-order valence-corrected chi connectivity index (χ1v) is 7.77. The molecule has 0 saturated heterocycles. The third kappa shape index (κ3) is 4.52. The van der Waals surface area contributed by atoms with Crippen LogP contribution in [0.5, 0.6) is 0 Å². The fourth-order valence-electron chi connectivity index (χ4n) is 1.52. The molecule has 1 atom stereocenters. The van der Waals surface area contributed by atoms with Crippen LogP contribution in [0.1, 0.15) is 12.5 Å². The number of rotatable bonds is 5. The standard InChI is InChI=1S/C13H11ClFN5O3S/c1-6(24-12-11(22)17-13(23)20-19-12)10(21)18-16-5-7-8(14)3-2-4-9(7)15/h2-6H,1H3,(H,18,21)(H2,17,20,22,23)/b16-5+. The third-order valence-corrected chi connectivity index (χ3v) is 4.10. The molecule has 24 heavy (non-hydrogen) atoms. The highest BCUT2D eigenvalue weighted by Gasteiger charge is 2.17. The molecule has 8 nitrogen and oxygen atoms in total. The zero-order chi connectivity index (χ0) is 17.7. The number of hydrazone groups is 1. The minimum atomic E-state index is -0.743. The Hall–Kier alpha value is -2.46. The largest absolute Gasteiger partial charge is 0.342 e. The highest BCUT2D eigenvalue weighted by molar-refractivity contribution is 8.00. The fourth-order valence-corrected chi connectivity index (χ4v) is 2.49. The summed E-state index contributed by atoms with van der Waals surface area (Å²) in [6, 6.07) is 4.14. The van der Waals surface area contributed by atoms with E-state index in [9.17, 15) is 18.8 Å². The first kappa shape index (κ1) is 17.9. The summed E-state index contributed by atoms with van der Waals surface area (Å²) in [5.41, 5.74) is 0.803. The van der Waals surface area contributed by atoms with Crippen molar-refractivity contribution in [2.24, 2.45) is 5.10 Å². The number of amides is 1. The number of aromatic amines is 2. The Morgan fingerprint density at radius 1 is 1.50 bits per heavy atom. The summed E-state index contributed by atoms with van der Waals surface area (Å²) in [5.74, 6) is -1.12. The molecule has 0 aliphatic carbocycles. The predicted molar refractivity (Wildman–Crippen MR) is 87.9 cm³/mol. The maximum absolute atomic E-state index is 13.5. The SMILES string of the molecule is CC(Sc1n[nH]c(=O)[nH]c1=O)C(=O)N/N=C/c1c(F)cccc1Cl. The number of hydrogen-bond donors (Lipinski definition) is 3. The van der Waals surface area contributed by atoms with Crippen molar-refractivity contribution in [3.8, 4) is 0 Å². The molecule has 1 aromatic heterocycles. The zero-order valence-corrected chi connectivity index (χ0v) is 13.7. The molecule has 11 heteroatoms. The second-order valence-electron chi connectivity index (χ2n) is 4.44. The number of benzene rings is 1. The molecular weight excluding hydrogens is 361 g/mol. The highest BCUT2D eigenvalue weighted by Crippen LogP contribution is 2.17. The van der Waals surface area contributed by atoms with Crippen LogP contribution in [0.4, 0.5) is 4.39 Å². The van der Waals surface area contributed by atoms with E-state index in [2.05, 4.69) is 20.7 Å². The van der Waals surface area contributed by atoms with Gasteiger partial charge in [-0.15, -0.1) is 0 Å². The smallest absolute Gasteiger partial charge is 0.272 e. The lowest BCUT2D eigenvalue weighted by Gasteiger charge is -2.07. The van der Waals surface area contributed by atoms with Gasteiger partial charge in [0, 0.05) is 5.56 Å². The second kappa shape index (κ2) is 7.88. The quantitative estimate of drug-likeness (QED) is 0.409. The summed E-state index contributed by atoms with van der Waals surface area (Å²) in [7, 11) is 0. The van der Waals surface area contributed by atoms with Crippen molar-refractivity contribution in [2.75, 3.05) is 0 Å². The summed E-state index contributed by atoms with van der Waals surface area (Å²) < 4.78 is 13.5. The Morgan fingerprint density at radius 2 is 2.25 bits per heavy atom. The lowest BCUT2D eigenvalue weighted by Crippen LogP contribution is -2.30. The second-order valence-corrected chi connectivity index (χ2v) is 6.18. The van der Waals surface area contributed by atoms with E-state index in [1.165, 1.54) is 25.1 Å². The summed E-state index contributed by atoms with van der Waals surface area (Å²) in [6.45, 7) is 1.51. The summed E-state index contributed by atoms with van der Waals surface area (Å²) >= 11 is 6.65. The number of halogens is 2. The Bertz CT molecular complexity index is 877. The molecule has 0 aliphatic heterocycles. The molecule has 3 N–H and O–H groups in total. The number of thioether (sulfide) groups is 1. The van der Waals surface area contributed by atoms with Gasteiger partial charge in [0.25, 0.3) is 11.5 Å². The van der Waals surface area contributed by atoms with Gasteiger partial charge in [0.15, 0.2) is 5.03 Å². The van der Waals surface area contributed by atoms with Gasteiger partial charge >= 0.3 is 5.69 Å². The van der Waals surface area contributed by atoms with Gasteiger partial charge in [-0.25, -0.2) is 19.7 Å². The van der Waals surface area contributed by atoms with E-state index in [4.69, 9.17) is 11.6 Å². The zero-order valence-electron chi connectivity index (χ0n) is 12.2. The van der Waals surface area contributed by atoms with Gasteiger partial charge in [0.2, 0.25) is 0 Å². The van der Waals surface area contributed by atoms with Crippen molar-refractivity contribution in [1.29, 1.82) is 0 Å². The van der Waals surface area contributed by atoms with Crippen molar-refractivity contribution in [3.63, 3.8) is 0 Å². The minimum absolute atomic E-state index is 0.0403. The van der Waals surface area contributed by atoms with Gasteiger partial charge in [-0.2, -0.15) is 10.2 Å². The van der Waals surface area contributed by atoms with E-state index in [1.807, 2.05) is 4.98 Å². The molecule has 0 bridgehead atoms. The van der Waals surface area contributed by atoms with Gasteiger partial charge in [-0.1, -0.05) is 29.4 Å². The van der Waals surface area contributed by atoms with Gasteiger partial charge in [-0.3, -0.25) is 14.6 Å². The molecule has 1 aromatic carbocycles. The molecule has 2 rings (SSSR count). The molecule has 0 saturated carbocycles. The van der Waals surface area contributed by atoms with E-state index in [0.29, 0.717) is 0 Å². The van der Waals surface area contributed by atoms with Crippen LogP contribution in [0.3, 0.4) is 0 Å². The third-order valence-electron chi connectivity index (χ3n) is 2.71. The summed E-state index contributed by atoms with van der Waals surface area (Å²) in [4.78, 5) is 36.3. The number of nitrogens with one attached hydrogen (secondary N) is 3. The summed E-state index contributed by atoms with van der Waals surface area (Å²) in [5, 5.41) is 8.59. The average molecular weight is 372 g/mol. The summed E-state index contributed by atoms with van der Waals surface area (Å²) in [6.07, 6.45) is 1.08. The molecule has 1 unspecified atom stereocenters. The molecule has 0 radical (unpaired) electrons. The van der Waals surface area contributed by atoms with E-state index in [-0.39, 0.29) is 15.6 Å². The fraction of sp³-hybridized carbons (Fsp3) is 0.154. The van der Waals surface area contributed by atoms with Crippen LogP contribution >= 0.6 is 23.4 Å². The monoisotopic (exact) mass is 371 g/mol. The van der Waals surface area contributed by atoms with Crippen molar-refractivity contribution >= 4 is 35.5 Å². The predicted octanol–water partition coefficient (Wildman–Crippen LogP) is 0.882. The number of carbonyl (C=O) groups is 1. The van der Waals surface area contributed by atoms with Crippen molar-refractivity contribution < 1.29 is 9.18 Å². The van der Waals surface area contributed by atoms with Gasteiger partial charge in [0.05, 0.1) is 16.5 Å². The van der Waals surface area contributed by atoms with E-state index >= 15 is 0 Å². The van der Waals surface area contributed by atoms with Crippen molar-refractivity contribution in [1.82, 2.24) is 20.6 Å². The highest BCUT2D eigenvalue weighted by atomic mass is 35.5. The van der Waals surface area contributed by atoms with E-state index in [0.717, 1.165) is 18.0 Å². The van der Waals surface area contributed by atoms with Crippen molar-refractivity contribution in [3.05, 3.63) is 55.4 Å². The minimum Gasteiger partial charge on any atom is -0.272 e. The lowest BCUT2D eigenvalue weighted by atomic mass is 10.2. The molecular formula is C13H11ClFN5O3S. The molecule has 126 valence electrons. The van der Waals surface area contributed by atoms with Crippen LogP contribution in [0, 0.1) is 5.82 Å². The normalized spacial score (nSPS) is 12.3. The van der Waals surface area contributed by atoms with Crippen LogP contribution in [0.2, 0.25) is 5.02 Å². The van der Waals surface area contributed by atoms with Crippen LogP contribution in [-0.2, 0) is 4.79 Å². The first-order valence-electron chi connectivity index (χ1n) is 6.51.